The smallest absolute Gasteiger partial charge is 0.264 e. The van der Waals surface area contributed by atoms with E-state index in [9.17, 15) is 18.0 Å². The van der Waals surface area contributed by atoms with Crippen molar-refractivity contribution in [3.05, 3.63) is 88.9 Å². The quantitative estimate of drug-likeness (QED) is 0.299. The summed E-state index contributed by atoms with van der Waals surface area (Å²) < 4.78 is 34.4. The summed E-state index contributed by atoms with van der Waals surface area (Å²) in [5, 5.41) is 3.51. The zero-order valence-corrected chi connectivity index (χ0v) is 25.8. The van der Waals surface area contributed by atoms with Gasteiger partial charge in [0.05, 0.1) is 17.7 Å². The fourth-order valence-electron chi connectivity index (χ4n) is 5.21. The van der Waals surface area contributed by atoms with Crippen LogP contribution in [0.2, 0.25) is 5.02 Å². The number of nitrogens with zero attached hydrogens (tertiary/aromatic N) is 2. The lowest BCUT2D eigenvalue weighted by molar-refractivity contribution is -0.139. The van der Waals surface area contributed by atoms with E-state index < -0.39 is 28.5 Å². The Balaban J connectivity index is 1.69. The average molecular weight is 612 g/mol. The first-order valence-corrected chi connectivity index (χ1v) is 16.0. The van der Waals surface area contributed by atoms with Gasteiger partial charge in [0.2, 0.25) is 11.8 Å². The van der Waals surface area contributed by atoms with Crippen molar-refractivity contribution in [3.63, 3.8) is 0 Å². The van der Waals surface area contributed by atoms with E-state index >= 15 is 0 Å². The van der Waals surface area contributed by atoms with Gasteiger partial charge >= 0.3 is 0 Å². The molecular weight excluding hydrogens is 574 g/mol. The van der Waals surface area contributed by atoms with E-state index in [1.807, 2.05) is 12.1 Å². The van der Waals surface area contributed by atoms with Crippen LogP contribution in [0.1, 0.15) is 50.2 Å². The molecule has 10 heteroatoms. The van der Waals surface area contributed by atoms with Crippen molar-refractivity contribution in [2.75, 3.05) is 18.0 Å². The second-order valence-corrected chi connectivity index (χ2v) is 12.9. The maximum atomic E-state index is 14.2. The maximum absolute atomic E-state index is 14.2. The SMILES string of the molecule is COc1cccc(CN(C(=O)CN(c2ccccc2C)S(=O)(=O)c2ccc(Cl)cc2)[C@H](C)C(=O)NC2CCCCC2)c1. The molecule has 1 aliphatic rings. The molecule has 3 aromatic rings. The number of methoxy groups -OCH3 is 1. The largest absolute Gasteiger partial charge is 0.497 e. The zero-order chi connectivity index (χ0) is 30.3. The summed E-state index contributed by atoms with van der Waals surface area (Å²) in [6, 6.07) is 19.3. The minimum atomic E-state index is -4.17. The van der Waals surface area contributed by atoms with Gasteiger partial charge in [-0.3, -0.25) is 13.9 Å². The van der Waals surface area contributed by atoms with Crippen molar-refractivity contribution in [1.29, 1.82) is 0 Å². The Kier molecular flexibility index (Phi) is 10.5. The monoisotopic (exact) mass is 611 g/mol. The van der Waals surface area contributed by atoms with Gasteiger partial charge in [0.25, 0.3) is 10.0 Å². The Labute approximate surface area is 253 Å². The summed E-state index contributed by atoms with van der Waals surface area (Å²) >= 11 is 6.03. The number of nitrogens with one attached hydrogen (secondary N) is 1. The number of rotatable bonds is 11. The van der Waals surface area contributed by atoms with E-state index in [0.29, 0.717) is 22.0 Å². The molecule has 0 radical (unpaired) electrons. The molecule has 0 spiro atoms. The minimum Gasteiger partial charge on any atom is -0.497 e. The molecular formula is C32H38ClN3O5S. The average Bonchev–Trinajstić information content (AvgIpc) is 2.99. The van der Waals surface area contributed by atoms with E-state index in [1.54, 1.807) is 57.4 Å². The molecule has 0 heterocycles. The molecule has 1 fully saturated rings. The number of halogens is 1. The lowest BCUT2D eigenvalue weighted by atomic mass is 9.95. The summed E-state index contributed by atoms with van der Waals surface area (Å²) in [6.07, 6.45) is 5.07. The van der Waals surface area contributed by atoms with Gasteiger partial charge in [0.1, 0.15) is 18.3 Å². The van der Waals surface area contributed by atoms with Crippen LogP contribution in [0.4, 0.5) is 5.69 Å². The molecule has 224 valence electrons. The number of benzene rings is 3. The minimum absolute atomic E-state index is 0.00499. The molecule has 2 amide bonds. The van der Waals surface area contributed by atoms with Gasteiger partial charge in [0.15, 0.2) is 0 Å². The topological polar surface area (TPSA) is 96.0 Å². The predicted octanol–water partition coefficient (Wildman–Crippen LogP) is 5.72. The lowest BCUT2D eigenvalue weighted by Crippen LogP contribution is -2.53. The second-order valence-electron chi connectivity index (χ2n) is 10.6. The molecule has 0 unspecified atom stereocenters. The second kappa shape index (κ2) is 14.1. The van der Waals surface area contributed by atoms with E-state index in [4.69, 9.17) is 16.3 Å². The van der Waals surface area contributed by atoms with Crippen molar-refractivity contribution in [2.45, 2.75) is 69.5 Å². The number of hydrogen-bond acceptors (Lipinski definition) is 5. The van der Waals surface area contributed by atoms with Crippen LogP contribution < -0.4 is 14.4 Å². The first kappa shape index (κ1) is 31.4. The standard InChI is InChI=1S/C32H38ClN3O5S/c1-23-10-7-8-15-30(23)36(42(39,40)29-18-16-26(33)17-19-29)22-31(37)35(21-25-11-9-14-28(20-25)41-3)24(2)32(38)34-27-12-5-4-6-13-27/h7-11,14-20,24,27H,4-6,12-13,21-22H2,1-3H3,(H,34,38)/t24-/m1/s1. The number of amides is 2. The van der Waals surface area contributed by atoms with Crippen molar-refractivity contribution in [2.24, 2.45) is 0 Å². The number of anilines is 1. The number of sulfonamides is 1. The first-order valence-electron chi connectivity index (χ1n) is 14.2. The lowest BCUT2D eigenvalue weighted by Gasteiger charge is -2.33. The van der Waals surface area contributed by atoms with Crippen molar-refractivity contribution in [3.8, 4) is 5.75 Å². The molecule has 0 bridgehead atoms. The van der Waals surface area contributed by atoms with Crippen LogP contribution in [0.15, 0.2) is 77.7 Å². The summed E-state index contributed by atoms with van der Waals surface area (Å²) in [5.74, 6) is -0.155. The Morgan fingerprint density at radius 1 is 1.00 bits per heavy atom. The van der Waals surface area contributed by atoms with E-state index in [2.05, 4.69) is 5.32 Å². The number of aryl methyl sites for hydroxylation is 1. The maximum Gasteiger partial charge on any atom is 0.264 e. The molecule has 3 aromatic carbocycles. The van der Waals surface area contributed by atoms with Crippen LogP contribution >= 0.6 is 11.6 Å². The van der Waals surface area contributed by atoms with Crippen LogP contribution in [0.5, 0.6) is 5.75 Å². The van der Waals surface area contributed by atoms with Gasteiger partial charge < -0.3 is 15.0 Å². The Morgan fingerprint density at radius 3 is 2.36 bits per heavy atom. The molecule has 1 N–H and O–H groups in total. The van der Waals surface area contributed by atoms with Gasteiger partial charge in [-0.05, 0) is 80.3 Å². The number of ether oxygens (including phenoxy) is 1. The van der Waals surface area contributed by atoms with Gasteiger partial charge in [-0.2, -0.15) is 0 Å². The molecule has 42 heavy (non-hydrogen) atoms. The number of carbonyl (C=O) groups excluding carboxylic acids is 2. The number of para-hydroxylation sites is 1. The third kappa shape index (κ3) is 7.63. The van der Waals surface area contributed by atoms with Gasteiger partial charge in [-0.15, -0.1) is 0 Å². The molecule has 4 rings (SSSR count). The Bertz CT molecular complexity index is 1490. The van der Waals surface area contributed by atoms with Crippen molar-refractivity contribution >= 4 is 39.1 Å². The van der Waals surface area contributed by atoms with Crippen LogP contribution in [-0.2, 0) is 26.2 Å². The highest BCUT2D eigenvalue weighted by molar-refractivity contribution is 7.92. The summed E-state index contributed by atoms with van der Waals surface area (Å²) in [4.78, 5) is 29.1. The van der Waals surface area contributed by atoms with Crippen LogP contribution in [0.3, 0.4) is 0 Å². The van der Waals surface area contributed by atoms with Crippen molar-refractivity contribution < 1.29 is 22.7 Å². The van der Waals surface area contributed by atoms with Gasteiger partial charge in [-0.25, -0.2) is 8.42 Å². The number of hydrogen-bond donors (Lipinski definition) is 1. The molecule has 1 aliphatic carbocycles. The summed E-state index contributed by atoms with van der Waals surface area (Å²) in [6.45, 7) is 3.07. The van der Waals surface area contributed by atoms with Crippen LogP contribution in [0.25, 0.3) is 0 Å². The van der Waals surface area contributed by atoms with Crippen LogP contribution in [0, 0.1) is 6.92 Å². The van der Waals surface area contributed by atoms with E-state index in [1.165, 1.54) is 29.2 Å². The summed E-state index contributed by atoms with van der Waals surface area (Å²) in [5.41, 5.74) is 1.81. The molecule has 1 saturated carbocycles. The highest BCUT2D eigenvalue weighted by Gasteiger charge is 2.33. The number of carbonyl (C=O) groups is 2. The van der Waals surface area contributed by atoms with Crippen LogP contribution in [-0.4, -0.2) is 50.9 Å². The molecule has 0 saturated heterocycles. The van der Waals surface area contributed by atoms with Crippen molar-refractivity contribution in [1.82, 2.24) is 10.2 Å². The van der Waals surface area contributed by atoms with Gasteiger partial charge in [0, 0.05) is 17.6 Å². The van der Waals surface area contributed by atoms with Gasteiger partial charge in [-0.1, -0.05) is 61.2 Å². The zero-order valence-electron chi connectivity index (χ0n) is 24.3. The normalized spacial score (nSPS) is 14.6. The fourth-order valence-corrected chi connectivity index (χ4v) is 6.81. The third-order valence-electron chi connectivity index (χ3n) is 7.67. The molecule has 0 aromatic heterocycles. The summed E-state index contributed by atoms with van der Waals surface area (Å²) in [7, 11) is -2.61. The van der Waals surface area contributed by atoms with E-state index in [0.717, 1.165) is 42.0 Å². The fraction of sp³-hybridized carbons (Fsp3) is 0.375. The highest BCUT2D eigenvalue weighted by Crippen LogP contribution is 2.28. The Morgan fingerprint density at radius 2 is 1.69 bits per heavy atom. The highest BCUT2D eigenvalue weighted by atomic mass is 35.5. The third-order valence-corrected chi connectivity index (χ3v) is 9.70. The predicted molar refractivity (Wildman–Crippen MR) is 165 cm³/mol. The molecule has 1 atom stereocenters. The van der Waals surface area contributed by atoms with E-state index in [-0.39, 0.29) is 23.4 Å². The Hall–Kier alpha value is -3.56. The first-order chi connectivity index (χ1) is 20.1. The molecule has 8 nitrogen and oxygen atoms in total. The molecule has 0 aliphatic heterocycles.